The molecular formula is C21H25FN2O. The molecule has 0 atom stereocenters. The molecule has 3 nitrogen and oxygen atoms in total. The number of para-hydroxylation sites is 1. The third kappa shape index (κ3) is 4.68. The predicted octanol–water partition coefficient (Wildman–Crippen LogP) is 4.08. The summed E-state index contributed by atoms with van der Waals surface area (Å²) in [4.78, 5) is 0. The van der Waals surface area contributed by atoms with Crippen LogP contribution < -0.4 is 5.32 Å². The quantitative estimate of drug-likeness (QED) is 0.576. The van der Waals surface area contributed by atoms with Crippen molar-refractivity contribution in [3.05, 3.63) is 71.7 Å². The smallest absolute Gasteiger partial charge is 0.123 e. The van der Waals surface area contributed by atoms with Gasteiger partial charge in [-0.25, -0.2) is 4.39 Å². The molecule has 0 aliphatic carbocycles. The highest BCUT2D eigenvalue weighted by molar-refractivity contribution is 5.84. The Kier molecular flexibility index (Phi) is 6.20. The molecule has 1 heterocycles. The Hall–Kier alpha value is -2.17. The normalized spacial score (nSPS) is 11.3. The summed E-state index contributed by atoms with van der Waals surface area (Å²) in [5, 5.41) is 13.6. The number of unbranched alkanes of at least 4 members (excludes halogenated alkanes) is 2. The molecule has 0 amide bonds. The van der Waals surface area contributed by atoms with Crippen molar-refractivity contribution in [2.75, 3.05) is 13.2 Å². The fourth-order valence-electron chi connectivity index (χ4n) is 3.14. The van der Waals surface area contributed by atoms with Gasteiger partial charge in [-0.05, 0) is 55.1 Å². The molecule has 132 valence electrons. The first-order chi connectivity index (χ1) is 12.3. The number of fused-ring (bicyclic) bond motifs is 1. The second kappa shape index (κ2) is 8.79. The highest BCUT2D eigenvalue weighted by Crippen LogP contribution is 2.22. The van der Waals surface area contributed by atoms with Gasteiger partial charge in [-0.15, -0.1) is 0 Å². The van der Waals surface area contributed by atoms with Crippen LogP contribution in [0.25, 0.3) is 10.9 Å². The fourth-order valence-corrected chi connectivity index (χ4v) is 3.14. The van der Waals surface area contributed by atoms with Gasteiger partial charge in [0, 0.05) is 36.8 Å². The lowest BCUT2D eigenvalue weighted by Gasteiger charge is -2.05. The second-order valence-corrected chi connectivity index (χ2v) is 6.39. The third-order valence-corrected chi connectivity index (χ3v) is 4.46. The molecule has 1 aromatic heterocycles. The lowest BCUT2D eigenvalue weighted by atomic mass is 10.1. The SMILES string of the molecule is OCCCCCNCc1cn(Cc2ccc(F)cc2)c2ccccc12. The van der Waals surface area contributed by atoms with Gasteiger partial charge < -0.3 is 15.0 Å². The number of rotatable bonds is 9. The first-order valence-corrected chi connectivity index (χ1v) is 8.90. The summed E-state index contributed by atoms with van der Waals surface area (Å²) in [7, 11) is 0. The van der Waals surface area contributed by atoms with Gasteiger partial charge in [0.2, 0.25) is 0 Å². The zero-order chi connectivity index (χ0) is 17.5. The highest BCUT2D eigenvalue weighted by atomic mass is 19.1. The van der Waals surface area contributed by atoms with Crippen LogP contribution in [0.15, 0.2) is 54.7 Å². The number of aromatic nitrogens is 1. The van der Waals surface area contributed by atoms with E-state index in [-0.39, 0.29) is 12.4 Å². The van der Waals surface area contributed by atoms with Crippen molar-refractivity contribution in [3.63, 3.8) is 0 Å². The van der Waals surface area contributed by atoms with Crippen molar-refractivity contribution in [2.45, 2.75) is 32.4 Å². The van der Waals surface area contributed by atoms with Crippen LogP contribution in [0.1, 0.15) is 30.4 Å². The largest absolute Gasteiger partial charge is 0.396 e. The van der Waals surface area contributed by atoms with Crippen LogP contribution >= 0.6 is 0 Å². The Morgan fingerprint density at radius 3 is 2.56 bits per heavy atom. The predicted molar refractivity (Wildman–Crippen MR) is 100 cm³/mol. The molecule has 0 unspecified atom stereocenters. The van der Waals surface area contributed by atoms with E-state index in [1.165, 1.54) is 28.6 Å². The molecule has 0 bridgehead atoms. The van der Waals surface area contributed by atoms with Crippen LogP contribution in [0.2, 0.25) is 0 Å². The molecule has 0 saturated heterocycles. The van der Waals surface area contributed by atoms with Gasteiger partial charge in [-0.2, -0.15) is 0 Å². The summed E-state index contributed by atoms with van der Waals surface area (Å²) in [6.07, 6.45) is 5.19. The number of hydrogen-bond donors (Lipinski definition) is 2. The highest BCUT2D eigenvalue weighted by Gasteiger charge is 2.08. The van der Waals surface area contributed by atoms with Gasteiger partial charge in [0.05, 0.1) is 0 Å². The van der Waals surface area contributed by atoms with Crippen molar-refractivity contribution in [3.8, 4) is 0 Å². The Balaban J connectivity index is 1.70. The molecule has 0 fully saturated rings. The van der Waals surface area contributed by atoms with Crippen LogP contribution in [0, 0.1) is 5.82 Å². The van der Waals surface area contributed by atoms with E-state index in [0.29, 0.717) is 0 Å². The zero-order valence-electron chi connectivity index (χ0n) is 14.4. The standard InChI is InChI=1S/C21H25FN2O/c22-19-10-8-17(9-11-19)15-24-16-18(14-23-12-4-1-5-13-25)20-6-2-3-7-21(20)24/h2-3,6-11,16,23,25H,1,4-5,12-15H2. The van der Waals surface area contributed by atoms with E-state index in [0.717, 1.165) is 44.5 Å². The van der Waals surface area contributed by atoms with Gasteiger partial charge in [0.25, 0.3) is 0 Å². The maximum atomic E-state index is 13.1. The number of hydrogen-bond acceptors (Lipinski definition) is 2. The number of halogens is 1. The molecule has 25 heavy (non-hydrogen) atoms. The minimum absolute atomic E-state index is 0.202. The minimum atomic E-state index is -0.202. The molecule has 0 spiro atoms. The number of aliphatic hydroxyl groups excluding tert-OH is 1. The Morgan fingerprint density at radius 2 is 1.76 bits per heavy atom. The molecule has 0 saturated carbocycles. The van der Waals surface area contributed by atoms with Crippen molar-refractivity contribution < 1.29 is 9.50 Å². The van der Waals surface area contributed by atoms with Gasteiger partial charge in [-0.1, -0.05) is 30.3 Å². The van der Waals surface area contributed by atoms with Gasteiger partial charge in [0.1, 0.15) is 5.82 Å². The fraction of sp³-hybridized carbons (Fsp3) is 0.333. The minimum Gasteiger partial charge on any atom is -0.396 e. The van der Waals surface area contributed by atoms with Crippen molar-refractivity contribution in [1.82, 2.24) is 9.88 Å². The maximum absolute atomic E-state index is 13.1. The van der Waals surface area contributed by atoms with Gasteiger partial charge in [0.15, 0.2) is 0 Å². The molecular weight excluding hydrogens is 315 g/mol. The van der Waals surface area contributed by atoms with Crippen LogP contribution in [-0.2, 0) is 13.1 Å². The lowest BCUT2D eigenvalue weighted by molar-refractivity contribution is 0.283. The van der Waals surface area contributed by atoms with E-state index in [4.69, 9.17) is 5.11 Å². The second-order valence-electron chi connectivity index (χ2n) is 6.39. The van der Waals surface area contributed by atoms with Gasteiger partial charge in [-0.3, -0.25) is 0 Å². The topological polar surface area (TPSA) is 37.2 Å². The van der Waals surface area contributed by atoms with E-state index in [1.54, 1.807) is 0 Å². The molecule has 3 rings (SSSR count). The first-order valence-electron chi connectivity index (χ1n) is 8.90. The van der Waals surface area contributed by atoms with E-state index in [1.807, 2.05) is 12.1 Å². The molecule has 4 heteroatoms. The zero-order valence-corrected chi connectivity index (χ0v) is 14.4. The molecule has 2 N–H and O–H groups in total. The van der Waals surface area contributed by atoms with Crippen LogP contribution in [0.5, 0.6) is 0 Å². The summed E-state index contributed by atoms with van der Waals surface area (Å²) < 4.78 is 15.3. The Labute approximate surface area is 148 Å². The lowest BCUT2D eigenvalue weighted by Crippen LogP contribution is -2.14. The summed E-state index contributed by atoms with van der Waals surface area (Å²) >= 11 is 0. The van der Waals surface area contributed by atoms with E-state index in [2.05, 4.69) is 40.3 Å². The molecule has 3 aromatic rings. The van der Waals surface area contributed by atoms with Crippen LogP contribution in [0.4, 0.5) is 4.39 Å². The molecule has 0 aliphatic heterocycles. The summed E-state index contributed by atoms with van der Waals surface area (Å²) in [6, 6.07) is 15.1. The van der Waals surface area contributed by atoms with Crippen LogP contribution in [0.3, 0.4) is 0 Å². The van der Waals surface area contributed by atoms with Crippen molar-refractivity contribution in [2.24, 2.45) is 0 Å². The van der Waals surface area contributed by atoms with Crippen LogP contribution in [-0.4, -0.2) is 22.8 Å². The number of nitrogens with zero attached hydrogens (tertiary/aromatic N) is 1. The van der Waals surface area contributed by atoms with E-state index >= 15 is 0 Å². The van der Waals surface area contributed by atoms with E-state index < -0.39 is 0 Å². The van der Waals surface area contributed by atoms with Gasteiger partial charge >= 0.3 is 0 Å². The average Bonchev–Trinajstić information content (AvgIpc) is 2.98. The summed E-state index contributed by atoms with van der Waals surface area (Å²) in [5.74, 6) is -0.202. The molecule has 0 aliphatic rings. The summed E-state index contributed by atoms with van der Waals surface area (Å²) in [6.45, 7) is 2.79. The number of aliphatic hydroxyl groups is 1. The third-order valence-electron chi connectivity index (χ3n) is 4.46. The summed E-state index contributed by atoms with van der Waals surface area (Å²) in [5.41, 5.74) is 3.56. The average molecular weight is 340 g/mol. The maximum Gasteiger partial charge on any atom is 0.123 e. The van der Waals surface area contributed by atoms with Crippen molar-refractivity contribution in [1.29, 1.82) is 0 Å². The molecule has 2 aromatic carbocycles. The molecule has 0 radical (unpaired) electrons. The number of nitrogens with one attached hydrogen (secondary N) is 1. The first kappa shape index (κ1) is 17.6. The Morgan fingerprint density at radius 1 is 0.960 bits per heavy atom. The Bertz CT molecular complexity index is 795. The van der Waals surface area contributed by atoms with Crippen molar-refractivity contribution >= 4 is 10.9 Å². The number of benzene rings is 2. The monoisotopic (exact) mass is 340 g/mol. The van der Waals surface area contributed by atoms with E-state index in [9.17, 15) is 4.39 Å².